The molecule has 1 aromatic carbocycles. The molecule has 0 aliphatic rings. The van der Waals surface area contributed by atoms with Gasteiger partial charge in [-0.05, 0) is 36.0 Å². The number of aromatic nitrogens is 4. The van der Waals surface area contributed by atoms with Crippen LogP contribution in [-0.4, -0.2) is 26.1 Å². The average Bonchev–Trinajstić information content (AvgIpc) is 2.94. The predicted octanol–water partition coefficient (Wildman–Crippen LogP) is 3.55. The molecule has 0 atom stereocenters. The first-order valence-electron chi connectivity index (χ1n) is 6.68. The lowest BCUT2D eigenvalue weighted by Gasteiger charge is -1.99. The summed E-state index contributed by atoms with van der Waals surface area (Å²) in [6.45, 7) is 0. The van der Waals surface area contributed by atoms with E-state index in [0.717, 1.165) is 11.1 Å². The minimum Gasteiger partial charge on any atom is -0.265 e. The Morgan fingerprint density at radius 1 is 1.09 bits per heavy atom. The van der Waals surface area contributed by atoms with Gasteiger partial charge in [0.1, 0.15) is 0 Å². The van der Waals surface area contributed by atoms with Crippen LogP contribution < -0.4 is 0 Å². The number of allylic oxidation sites excluding steroid dienone is 1. The van der Waals surface area contributed by atoms with Crippen LogP contribution in [0.3, 0.4) is 0 Å². The van der Waals surface area contributed by atoms with Crippen molar-refractivity contribution in [3.8, 4) is 11.4 Å². The van der Waals surface area contributed by atoms with E-state index in [0.29, 0.717) is 10.6 Å². The first-order valence-corrected chi connectivity index (χ1v) is 7.09. The van der Waals surface area contributed by atoms with Crippen LogP contribution >= 0.6 is 12.2 Å². The van der Waals surface area contributed by atoms with Crippen molar-refractivity contribution in [2.24, 2.45) is 5.10 Å². The smallest absolute Gasteiger partial charge is 0.216 e. The standard InChI is InChI=1S/C16H13N5S/c22-16-20-19-15(14-8-11-17-12-9-14)21(16)18-10-4-7-13-5-2-1-3-6-13/h1-12H,(H,20,22)/b7-4+,18-10-. The Bertz CT molecular complexity index is 847. The van der Waals surface area contributed by atoms with Crippen molar-refractivity contribution in [2.45, 2.75) is 0 Å². The molecule has 0 spiro atoms. The molecule has 0 aliphatic heterocycles. The molecule has 3 aromatic rings. The van der Waals surface area contributed by atoms with Crippen molar-refractivity contribution in [1.29, 1.82) is 0 Å². The third-order valence-electron chi connectivity index (χ3n) is 2.95. The van der Waals surface area contributed by atoms with Crippen molar-refractivity contribution in [3.05, 3.63) is 71.3 Å². The third-order valence-corrected chi connectivity index (χ3v) is 3.21. The van der Waals surface area contributed by atoms with Crippen LogP contribution in [0.1, 0.15) is 5.56 Å². The maximum Gasteiger partial charge on any atom is 0.216 e. The van der Waals surface area contributed by atoms with Gasteiger partial charge >= 0.3 is 0 Å². The fraction of sp³-hybridized carbons (Fsp3) is 0. The summed E-state index contributed by atoms with van der Waals surface area (Å²) in [5.74, 6) is 0.650. The van der Waals surface area contributed by atoms with E-state index in [2.05, 4.69) is 20.3 Å². The maximum absolute atomic E-state index is 5.21. The first-order chi connectivity index (χ1) is 10.8. The number of H-pyrrole nitrogens is 1. The summed E-state index contributed by atoms with van der Waals surface area (Å²) in [7, 11) is 0. The number of nitrogens with one attached hydrogen (secondary N) is 1. The molecule has 0 saturated carbocycles. The Morgan fingerprint density at radius 2 is 1.86 bits per heavy atom. The van der Waals surface area contributed by atoms with Gasteiger partial charge in [0.25, 0.3) is 0 Å². The van der Waals surface area contributed by atoms with Crippen molar-refractivity contribution in [2.75, 3.05) is 0 Å². The van der Waals surface area contributed by atoms with Gasteiger partial charge in [0.15, 0.2) is 5.82 Å². The Balaban J connectivity index is 1.84. The van der Waals surface area contributed by atoms with Gasteiger partial charge in [-0.15, -0.1) is 0 Å². The highest BCUT2D eigenvalue weighted by Gasteiger charge is 2.06. The van der Waals surface area contributed by atoms with Crippen molar-refractivity contribution >= 4 is 24.5 Å². The van der Waals surface area contributed by atoms with Gasteiger partial charge in [-0.2, -0.15) is 14.9 Å². The summed E-state index contributed by atoms with van der Waals surface area (Å²) in [6, 6.07) is 13.7. The molecule has 3 rings (SSSR count). The highest BCUT2D eigenvalue weighted by molar-refractivity contribution is 7.71. The highest BCUT2D eigenvalue weighted by Crippen LogP contribution is 2.15. The molecule has 6 heteroatoms. The van der Waals surface area contributed by atoms with Gasteiger partial charge in [0.05, 0.1) is 0 Å². The average molecular weight is 307 g/mol. The van der Waals surface area contributed by atoms with Gasteiger partial charge < -0.3 is 0 Å². The van der Waals surface area contributed by atoms with Crippen LogP contribution in [0.4, 0.5) is 0 Å². The molecule has 0 unspecified atom stereocenters. The van der Waals surface area contributed by atoms with Crippen LogP contribution in [-0.2, 0) is 0 Å². The van der Waals surface area contributed by atoms with E-state index in [1.165, 1.54) is 0 Å². The summed E-state index contributed by atoms with van der Waals surface area (Å²) in [5.41, 5.74) is 2.01. The SMILES string of the molecule is S=c1[nH]nc(-c2ccncc2)n1/N=C\C=C\c1ccccc1. The molecule has 0 amide bonds. The molecule has 0 aliphatic carbocycles. The second-order valence-corrected chi connectivity index (χ2v) is 4.82. The minimum atomic E-state index is 0.441. The van der Waals surface area contributed by atoms with Crippen molar-refractivity contribution < 1.29 is 0 Å². The van der Waals surface area contributed by atoms with Crippen molar-refractivity contribution in [1.82, 2.24) is 19.9 Å². The molecule has 0 radical (unpaired) electrons. The molecular weight excluding hydrogens is 294 g/mol. The van der Waals surface area contributed by atoms with Crippen molar-refractivity contribution in [3.63, 3.8) is 0 Å². The fourth-order valence-electron chi connectivity index (χ4n) is 1.91. The Labute approximate surface area is 132 Å². The predicted molar refractivity (Wildman–Crippen MR) is 90.0 cm³/mol. The molecule has 0 bridgehead atoms. The molecule has 108 valence electrons. The number of hydrogen-bond donors (Lipinski definition) is 1. The van der Waals surface area contributed by atoms with Crippen LogP contribution in [0.25, 0.3) is 17.5 Å². The molecule has 2 aromatic heterocycles. The number of aromatic amines is 1. The summed E-state index contributed by atoms with van der Waals surface area (Å²) in [4.78, 5) is 3.99. The third kappa shape index (κ3) is 3.24. The number of pyridine rings is 1. The lowest BCUT2D eigenvalue weighted by Crippen LogP contribution is -1.93. The molecule has 5 nitrogen and oxygen atoms in total. The van der Waals surface area contributed by atoms with E-state index < -0.39 is 0 Å². The van der Waals surface area contributed by atoms with Crippen LogP contribution in [0.2, 0.25) is 0 Å². The molecule has 0 fully saturated rings. The Kier molecular flexibility index (Phi) is 4.31. The van der Waals surface area contributed by atoms with E-state index in [9.17, 15) is 0 Å². The van der Waals surface area contributed by atoms with Gasteiger partial charge in [-0.25, -0.2) is 5.10 Å². The number of hydrogen-bond acceptors (Lipinski definition) is 4. The minimum absolute atomic E-state index is 0.441. The summed E-state index contributed by atoms with van der Waals surface area (Å²) in [5, 5.41) is 11.3. The van der Waals surface area contributed by atoms with Gasteiger partial charge in [0.2, 0.25) is 4.77 Å². The van der Waals surface area contributed by atoms with Gasteiger partial charge in [-0.3, -0.25) is 4.98 Å². The molecular formula is C16H13N5S. The van der Waals surface area contributed by atoms with Crippen LogP contribution in [0, 0.1) is 4.77 Å². The monoisotopic (exact) mass is 307 g/mol. The maximum atomic E-state index is 5.21. The summed E-state index contributed by atoms with van der Waals surface area (Å²) < 4.78 is 2.02. The lowest BCUT2D eigenvalue weighted by atomic mass is 10.2. The van der Waals surface area contributed by atoms with E-state index in [1.807, 2.05) is 54.6 Å². The van der Waals surface area contributed by atoms with Gasteiger partial charge in [-0.1, -0.05) is 36.4 Å². The quantitative estimate of drug-likeness (QED) is 0.592. The number of nitrogens with zero attached hydrogens (tertiary/aromatic N) is 4. The summed E-state index contributed by atoms with van der Waals surface area (Å²) >= 11 is 5.21. The molecule has 22 heavy (non-hydrogen) atoms. The second kappa shape index (κ2) is 6.73. The number of rotatable bonds is 4. The second-order valence-electron chi connectivity index (χ2n) is 4.43. The molecule has 2 heterocycles. The Morgan fingerprint density at radius 3 is 2.64 bits per heavy atom. The van der Waals surface area contributed by atoms with Crippen LogP contribution in [0.5, 0.6) is 0 Å². The zero-order chi connectivity index (χ0) is 15.2. The van der Waals surface area contributed by atoms with Gasteiger partial charge in [0, 0.05) is 24.2 Å². The van der Waals surface area contributed by atoms with Crippen LogP contribution in [0.15, 0.2) is 66.0 Å². The molecule has 0 saturated heterocycles. The number of benzene rings is 1. The normalized spacial score (nSPS) is 11.5. The van der Waals surface area contributed by atoms with E-state index in [-0.39, 0.29) is 0 Å². The zero-order valence-corrected chi connectivity index (χ0v) is 12.4. The Hall–Kier alpha value is -2.86. The zero-order valence-electron chi connectivity index (χ0n) is 11.6. The summed E-state index contributed by atoms with van der Waals surface area (Å²) in [6.07, 6.45) is 8.93. The fourth-order valence-corrected chi connectivity index (χ4v) is 2.09. The largest absolute Gasteiger partial charge is 0.265 e. The molecule has 1 N–H and O–H groups in total. The first kappa shape index (κ1) is 14.1. The highest BCUT2D eigenvalue weighted by atomic mass is 32.1. The van der Waals surface area contributed by atoms with E-state index >= 15 is 0 Å². The van der Waals surface area contributed by atoms with E-state index in [1.54, 1.807) is 23.3 Å². The topological polar surface area (TPSA) is 58.9 Å². The van der Waals surface area contributed by atoms with E-state index in [4.69, 9.17) is 12.2 Å². The lowest BCUT2D eigenvalue weighted by molar-refractivity contribution is 0.872.